The molecule has 1 heterocycles. The first-order valence-corrected chi connectivity index (χ1v) is 10.8. The minimum Gasteiger partial charge on any atom is -0.489 e. The Labute approximate surface area is 193 Å². The standard InChI is InChI=1S/C27H26N4O2/c1-19(2)22-13-11-20(12-14-22)17-28-31-27(32)26-16-25(29-30-26)23-9-6-10-24(15-23)33-18-21-7-4-3-5-8-21/h3-17,19H,18H2,1-2H3,(H,29,30)(H,31,32)/b28-17+. The Morgan fingerprint density at radius 1 is 1.03 bits per heavy atom. The van der Waals surface area contributed by atoms with Crippen LogP contribution >= 0.6 is 0 Å². The highest BCUT2D eigenvalue weighted by molar-refractivity contribution is 5.94. The molecule has 4 aromatic rings. The van der Waals surface area contributed by atoms with Crippen molar-refractivity contribution >= 4 is 12.1 Å². The third-order valence-corrected chi connectivity index (χ3v) is 5.18. The monoisotopic (exact) mass is 438 g/mol. The number of carbonyl (C=O) groups excluding carboxylic acids is 1. The molecule has 0 bridgehead atoms. The van der Waals surface area contributed by atoms with Gasteiger partial charge in [-0.15, -0.1) is 0 Å². The fourth-order valence-corrected chi connectivity index (χ4v) is 3.26. The molecule has 0 aliphatic rings. The molecule has 0 unspecified atom stereocenters. The highest BCUT2D eigenvalue weighted by atomic mass is 16.5. The molecule has 0 saturated heterocycles. The number of hydrogen-bond donors (Lipinski definition) is 2. The number of rotatable bonds is 8. The van der Waals surface area contributed by atoms with Crippen LogP contribution in [-0.4, -0.2) is 22.3 Å². The molecule has 166 valence electrons. The second-order valence-electron chi connectivity index (χ2n) is 7.99. The third kappa shape index (κ3) is 5.95. The third-order valence-electron chi connectivity index (χ3n) is 5.18. The van der Waals surface area contributed by atoms with E-state index in [-0.39, 0.29) is 5.91 Å². The molecule has 0 fully saturated rings. The fourth-order valence-electron chi connectivity index (χ4n) is 3.26. The smallest absolute Gasteiger partial charge is 0.289 e. The Kier molecular flexibility index (Phi) is 6.95. The van der Waals surface area contributed by atoms with Crippen LogP contribution in [0.5, 0.6) is 5.75 Å². The number of hydrazone groups is 1. The first-order valence-electron chi connectivity index (χ1n) is 10.8. The zero-order chi connectivity index (χ0) is 23.0. The van der Waals surface area contributed by atoms with Crippen LogP contribution in [0.4, 0.5) is 0 Å². The van der Waals surface area contributed by atoms with Gasteiger partial charge in [0.2, 0.25) is 0 Å². The van der Waals surface area contributed by atoms with Crippen LogP contribution in [0.3, 0.4) is 0 Å². The molecular formula is C27H26N4O2. The number of hydrogen-bond acceptors (Lipinski definition) is 4. The van der Waals surface area contributed by atoms with Gasteiger partial charge in [-0.05, 0) is 40.8 Å². The van der Waals surface area contributed by atoms with E-state index in [2.05, 4.69) is 46.7 Å². The number of nitrogens with one attached hydrogen (secondary N) is 2. The minimum absolute atomic E-state index is 0.327. The average molecular weight is 439 g/mol. The molecule has 1 amide bonds. The zero-order valence-electron chi connectivity index (χ0n) is 18.7. The molecular weight excluding hydrogens is 412 g/mol. The van der Waals surface area contributed by atoms with Crippen molar-refractivity contribution in [2.24, 2.45) is 5.10 Å². The number of nitrogens with zero attached hydrogens (tertiary/aromatic N) is 2. The summed E-state index contributed by atoms with van der Waals surface area (Å²) in [5.41, 5.74) is 7.63. The lowest BCUT2D eigenvalue weighted by molar-refractivity contribution is 0.0950. The van der Waals surface area contributed by atoms with Crippen molar-refractivity contribution in [2.45, 2.75) is 26.4 Å². The molecule has 1 aromatic heterocycles. The van der Waals surface area contributed by atoms with Crippen molar-refractivity contribution in [3.05, 3.63) is 107 Å². The van der Waals surface area contributed by atoms with E-state index in [1.165, 1.54) is 5.56 Å². The van der Waals surface area contributed by atoms with Gasteiger partial charge in [0, 0.05) is 5.56 Å². The summed E-state index contributed by atoms with van der Waals surface area (Å²) in [6, 6.07) is 27.4. The highest BCUT2D eigenvalue weighted by Crippen LogP contribution is 2.23. The predicted molar refractivity (Wildman–Crippen MR) is 130 cm³/mol. The topological polar surface area (TPSA) is 79.4 Å². The minimum atomic E-state index is -0.361. The van der Waals surface area contributed by atoms with Crippen LogP contribution in [0.2, 0.25) is 0 Å². The molecule has 4 rings (SSSR count). The largest absolute Gasteiger partial charge is 0.489 e. The maximum absolute atomic E-state index is 12.4. The molecule has 0 spiro atoms. The zero-order valence-corrected chi connectivity index (χ0v) is 18.7. The summed E-state index contributed by atoms with van der Waals surface area (Å²) in [7, 11) is 0. The van der Waals surface area contributed by atoms with E-state index in [1.807, 2.05) is 66.7 Å². The number of carbonyl (C=O) groups is 1. The molecule has 0 aliphatic carbocycles. The van der Waals surface area contributed by atoms with Crippen LogP contribution in [0.25, 0.3) is 11.3 Å². The number of aromatic amines is 1. The lowest BCUT2D eigenvalue weighted by atomic mass is 10.0. The molecule has 2 N–H and O–H groups in total. The Morgan fingerprint density at radius 2 is 1.82 bits per heavy atom. The SMILES string of the molecule is CC(C)c1ccc(/C=N/NC(=O)c2cc(-c3cccc(OCc4ccccc4)c3)n[nH]2)cc1. The number of ether oxygens (including phenoxy) is 1. The van der Waals surface area contributed by atoms with Crippen molar-refractivity contribution in [1.82, 2.24) is 15.6 Å². The number of aromatic nitrogens is 2. The molecule has 6 nitrogen and oxygen atoms in total. The van der Waals surface area contributed by atoms with Gasteiger partial charge in [0.05, 0.1) is 11.9 Å². The first-order chi connectivity index (χ1) is 16.1. The van der Waals surface area contributed by atoms with E-state index >= 15 is 0 Å². The summed E-state index contributed by atoms with van der Waals surface area (Å²) in [5, 5.41) is 11.1. The quantitative estimate of drug-likeness (QED) is 0.280. The predicted octanol–water partition coefficient (Wildman–Crippen LogP) is 5.54. The van der Waals surface area contributed by atoms with Crippen LogP contribution < -0.4 is 10.2 Å². The van der Waals surface area contributed by atoms with Gasteiger partial charge in [0.1, 0.15) is 18.1 Å². The van der Waals surface area contributed by atoms with Gasteiger partial charge in [0.15, 0.2) is 0 Å². The van der Waals surface area contributed by atoms with E-state index in [0.29, 0.717) is 23.9 Å². The summed E-state index contributed by atoms with van der Waals surface area (Å²) in [6.45, 7) is 4.78. The van der Waals surface area contributed by atoms with E-state index in [1.54, 1.807) is 12.3 Å². The highest BCUT2D eigenvalue weighted by Gasteiger charge is 2.11. The summed E-state index contributed by atoms with van der Waals surface area (Å²) in [5.74, 6) is 0.847. The van der Waals surface area contributed by atoms with Crippen LogP contribution in [-0.2, 0) is 6.61 Å². The van der Waals surface area contributed by atoms with Gasteiger partial charge in [-0.3, -0.25) is 9.89 Å². The number of amides is 1. The second kappa shape index (κ2) is 10.4. The van der Waals surface area contributed by atoms with Crippen LogP contribution in [0, 0.1) is 0 Å². The van der Waals surface area contributed by atoms with Crippen LogP contribution in [0.15, 0.2) is 90.0 Å². The van der Waals surface area contributed by atoms with Crippen molar-refractivity contribution in [2.75, 3.05) is 0 Å². The normalized spacial score (nSPS) is 11.1. The van der Waals surface area contributed by atoms with E-state index in [9.17, 15) is 4.79 Å². The second-order valence-corrected chi connectivity index (χ2v) is 7.99. The summed E-state index contributed by atoms with van der Waals surface area (Å²) >= 11 is 0. The molecule has 3 aromatic carbocycles. The number of H-pyrrole nitrogens is 1. The van der Waals surface area contributed by atoms with Gasteiger partial charge in [-0.1, -0.05) is 80.6 Å². The van der Waals surface area contributed by atoms with Crippen molar-refractivity contribution in [3.63, 3.8) is 0 Å². The molecule has 0 radical (unpaired) electrons. The molecule has 0 aliphatic heterocycles. The summed E-state index contributed by atoms with van der Waals surface area (Å²) in [4.78, 5) is 12.4. The average Bonchev–Trinajstić information content (AvgIpc) is 3.34. The van der Waals surface area contributed by atoms with Gasteiger partial charge < -0.3 is 4.74 Å². The first kappa shape index (κ1) is 22.0. The lowest BCUT2D eigenvalue weighted by Crippen LogP contribution is -2.18. The fraction of sp³-hybridized carbons (Fsp3) is 0.148. The Bertz CT molecular complexity index is 1230. The van der Waals surface area contributed by atoms with E-state index in [4.69, 9.17) is 4.74 Å². The molecule has 0 atom stereocenters. The number of benzene rings is 3. The van der Waals surface area contributed by atoms with Crippen molar-refractivity contribution < 1.29 is 9.53 Å². The maximum atomic E-state index is 12.4. The molecule has 0 saturated carbocycles. The Balaban J connectivity index is 1.36. The maximum Gasteiger partial charge on any atom is 0.289 e. The van der Waals surface area contributed by atoms with Crippen LogP contribution in [0.1, 0.15) is 46.9 Å². The summed E-state index contributed by atoms with van der Waals surface area (Å²) < 4.78 is 5.89. The molecule has 6 heteroatoms. The molecule has 33 heavy (non-hydrogen) atoms. The Hall–Kier alpha value is -4.19. The van der Waals surface area contributed by atoms with Gasteiger partial charge in [-0.2, -0.15) is 10.2 Å². The van der Waals surface area contributed by atoms with Crippen molar-refractivity contribution in [1.29, 1.82) is 0 Å². The van der Waals surface area contributed by atoms with E-state index in [0.717, 1.165) is 22.4 Å². The Morgan fingerprint density at radius 3 is 2.58 bits per heavy atom. The van der Waals surface area contributed by atoms with Gasteiger partial charge in [0.25, 0.3) is 5.91 Å². The lowest BCUT2D eigenvalue weighted by Gasteiger charge is -2.07. The summed E-state index contributed by atoms with van der Waals surface area (Å²) in [6.07, 6.45) is 1.62. The van der Waals surface area contributed by atoms with Gasteiger partial charge >= 0.3 is 0 Å². The van der Waals surface area contributed by atoms with E-state index < -0.39 is 0 Å². The van der Waals surface area contributed by atoms with Crippen molar-refractivity contribution in [3.8, 4) is 17.0 Å². The van der Waals surface area contributed by atoms with Gasteiger partial charge in [-0.25, -0.2) is 5.43 Å².